The quantitative estimate of drug-likeness (QED) is 0.650. The minimum absolute atomic E-state index is 0.186. The minimum atomic E-state index is -0.186. The molecule has 0 amide bonds. The third kappa shape index (κ3) is 1.16. The topological polar surface area (TPSA) is 54.7 Å². The van der Waals surface area contributed by atoms with E-state index in [4.69, 9.17) is 5.73 Å². The molecule has 1 aliphatic heterocycles. The van der Waals surface area contributed by atoms with Gasteiger partial charge in [-0.3, -0.25) is 0 Å². The predicted octanol–water partition coefficient (Wildman–Crippen LogP) is 0.701. The van der Waals surface area contributed by atoms with Crippen LogP contribution in [-0.4, -0.2) is 21.5 Å². The zero-order chi connectivity index (χ0) is 7.73. The first kappa shape index (κ1) is 7.18. The molecule has 1 fully saturated rings. The number of hydrogen-bond donors (Lipinski definition) is 2. The summed E-state index contributed by atoms with van der Waals surface area (Å²) < 4.78 is 0. The predicted molar refractivity (Wildman–Crippen MR) is 46.4 cm³/mol. The molecule has 2 rings (SSSR count). The van der Waals surface area contributed by atoms with E-state index in [0.717, 1.165) is 23.8 Å². The monoisotopic (exact) mass is 169 g/mol. The van der Waals surface area contributed by atoms with Crippen LogP contribution in [-0.2, 0) is 5.54 Å². The molecule has 4 heteroatoms. The first-order valence-electron chi connectivity index (χ1n) is 3.68. The van der Waals surface area contributed by atoms with Gasteiger partial charge in [0.1, 0.15) is 5.82 Å². The summed E-state index contributed by atoms with van der Waals surface area (Å²) in [5.74, 6) is 3.07. The van der Waals surface area contributed by atoms with Crippen molar-refractivity contribution in [3.8, 4) is 0 Å². The number of imidazole rings is 1. The molecule has 0 aliphatic carbocycles. The standard InChI is InChI=1S/C7H11N3S/c8-7(1-4-11-5-7)6-9-2-3-10-6/h2-3H,1,4-5,8H2,(H,9,10)/t7-/m0/s1. The minimum Gasteiger partial charge on any atom is -0.347 e. The molecule has 0 saturated carbocycles. The average Bonchev–Trinajstić information content (AvgIpc) is 2.55. The van der Waals surface area contributed by atoms with Crippen molar-refractivity contribution in [3.05, 3.63) is 18.2 Å². The van der Waals surface area contributed by atoms with Gasteiger partial charge in [-0.2, -0.15) is 11.8 Å². The highest BCUT2D eigenvalue weighted by atomic mass is 32.2. The first-order valence-corrected chi connectivity index (χ1v) is 4.83. The maximum Gasteiger partial charge on any atom is 0.127 e. The van der Waals surface area contributed by atoms with Crippen LogP contribution in [0.3, 0.4) is 0 Å². The van der Waals surface area contributed by atoms with Crippen LogP contribution in [0.5, 0.6) is 0 Å². The highest BCUT2D eigenvalue weighted by Crippen LogP contribution is 2.32. The summed E-state index contributed by atoms with van der Waals surface area (Å²) in [7, 11) is 0. The number of H-pyrrole nitrogens is 1. The van der Waals surface area contributed by atoms with Gasteiger partial charge < -0.3 is 10.7 Å². The Hall–Kier alpha value is -0.480. The fraction of sp³-hybridized carbons (Fsp3) is 0.571. The fourth-order valence-electron chi connectivity index (χ4n) is 1.31. The number of nitrogens with zero attached hydrogens (tertiary/aromatic N) is 1. The summed E-state index contributed by atoms with van der Waals surface area (Å²) in [6.45, 7) is 0. The molecule has 0 bridgehead atoms. The van der Waals surface area contributed by atoms with E-state index in [2.05, 4.69) is 9.97 Å². The highest BCUT2D eigenvalue weighted by molar-refractivity contribution is 7.99. The number of aromatic nitrogens is 2. The van der Waals surface area contributed by atoms with Gasteiger partial charge in [0.15, 0.2) is 0 Å². The van der Waals surface area contributed by atoms with Gasteiger partial charge in [-0.05, 0) is 12.2 Å². The van der Waals surface area contributed by atoms with E-state index in [9.17, 15) is 0 Å². The Bertz CT molecular complexity index is 226. The lowest BCUT2D eigenvalue weighted by molar-refractivity contribution is 0.480. The molecule has 0 radical (unpaired) electrons. The molecule has 0 aromatic carbocycles. The van der Waals surface area contributed by atoms with E-state index in [-0.39, 0.29) is 5.54 Å². The summed E-state index contributed by atoms with van der Waals surface area (Å²) in [5, 5.41) is 0. The average molecular weight is 169 g/mol. The van der Waals surface area contributed by atoms with Crippen LogP contribution in [0.1, 0.15) is 12.2 Å². The maximum atomic E-state index is 6.11. The lowest BCUT2D eigenvalue weighted by atomic mass is 10.0. The van der Waals surface area contributed by atoms with Gasteiger partial charge in [-0.1, -0.05) is 0 Å². The summed E-state index contributed by atoms with van der Waals surface area (Å²) in [4.78, 5) is 7.25. The number of nitrogens with two attached hydrogens (primary N) is 1. The normalized spacial score (nSPS) is 31.0. The first-order chi connectivity index (χ1) is 5.31. The number of nitrogens with one attached hydrogen (secondary N) is 1. The summed E-state index contributed by atoms with van der Waals surface area (Å²) in [6.07, 6.45) is 4.62. The Kier molecular flexibility index (Phi) is 1.65. The lowest BCUT2D eigenvalue weighted by Crippen LogP contribution is -2.37. The Morgan fingerprint density at radius 2 is 2.64 bits per heavy atom. The number of thioether (sulfide) groups is 1. The van der Waals surface area contributed by atoms with Crippen molar-refractivity contribution in [2.75, 3.05) is 11.5 Å². The third-order valence-electron chi connectivity index (χ3n) is 2.02. The van der Waals surface area contributed by atoms with Gasteiger partial charge >= 0.3 is 0 Å². The molecule has 60 valence electrons. The van der Waals surface area contributed by atoms with Crippen LogP contribution in [0.15, 0.2) is 12.4 Å². The van der Waals surface area contributed by atoms with Crippen LogP contribution in [0.2, 0.25) is 0 Å². The van der Waals surface area contributed by atoms with Crippen LogP contribution < -0.4 is 5.73 Å². The molecule has 3 N–H and O–H groups in total. The molecule has 2 heterocycles. The lowest BCUT2D eigenvalue weighted by Gasteiger charge is -2.18. The summed E-state index contributed by atoms with van der Waals surface area (Å²) >= 11 is 1.89. The van der Waals surface area contributed by atoms with E-state index in [1.54, 1.807) is 6.20 Å². The zero-order valence-electron chi connectivity index (χ0n) is 6.21. The molecule has 0 unspecified atom stereocenters. The third-order valence-corrected chi connectivity index (χ3v) is 3.23. The van der Waals surface area contributed by atoms with Crippen molar-refractivity contribution in [1.82, 2.24) is 9.97 Å². The Morgan fingerprint density at radius 1 is 1.73 bits per heavy atom. The van der Waals surface area contributed by atoms with Crippen LogP contribution in [0.25, 0.3) is 0 Å². The molecule has 3 nitrogen and oxygen atoms in total. The summed E-state index contributed by atoms with van der Waals surface area (Å²) in [6, 6.07) is 0. The van der Waals surface area contributed by atoms with Gasteiger partial charge in [-0.15, -0.1) is 0 Å². The molecule has 11 heavy (non-hydrogen) atoms. The smallest absolute Gasteiger partial charge is 0.127 e. The van der Waals surface area contributed by atoms with Crippen LogP contribution in [0.4, 0.5) is 0 Å². The second-order valence-corrected chi connectivity index (χ2v) is 4.00. The Labute approximate surface area is 69.8 Å². The van der Waals surface area contributed by atoms with Crippen molar-refractivity contribution in [1.29, 1.82) is 0 Å². The van der Waals surface area contributed by atoms with Crippen molar-refractivity contribution >= 4 is 11.8 Å². The molecule has 1 atom stereocenters. The molecule has 0 spiro atoms. The molecule has 1 aliphatic rings. The van der Waals surface area contributed by atoms with E-state index in [1.807, 2.05) is 18.0 Å². The van der Waals surface area contributed by atoms with Gasteiger partial charge in [0.2, 0.25) is 0 Å². The maximum absolute atomic E-state index is 6.11. The van der Waals surface area contributed by atoms with E-state index >= 15 is 0 Å². The van der Waals surface area contributed by atoms with Crippen molar-refractivity contribution in [2.45, 2.75) is 12.0 Å². The van der Waals surface area contributed by atoms with Gasteiger partial charge in [0, 0.05) is 18.1 Å². The van der Waals surface area contributed by atoms with E-state index in [0.29, 0.717) is 0 Å². The molecular weight excluding hydrogens is 158 g/mol. The Morgan fingerprint density at radius 3 is 3.18 bits per heavy atom. The fourth-order valence-corrected chi connectivity index (χ4v) is 2.60. The van der Waals surface area contributed by atoms with Crippen molar-refractivity contribution in [3.63, 3.8) is 0 Å². The van der Waals surface area contributed by atoms with Crippen LogP contribution in [0, 0.1) is 0 Å². The van der Waals surface area contributed by atoms with Crippen molar-refractivity contribution in [2.24, 2.45) is 5.73 Å². The van der Waals surface area contributed by atoms with Crippen molar-refractivity contribution < 1.29 is 0 Å². The molecule has 1 saturated heterocycles. The SMILES string of the molecule is N[C@@]1(c2ncc[nH]2)CCSC1. The van der Waals surface area contributed by atoms with Crippen LogP contribution >= 0.6 is 11.8 Å². The van der Waals surface area contributed by atoms with E-state index < -0.39 is 0 Å². The number of hydrogen-bond acceptors (Lipinski definition) is 3. The molecule has 1 aromatic rings. The number of aromatic amines is 1. The Balaban J connectivity index is 2.27. The second-order valence-electron chi connectivity index (χ2n) is 2.90. The number of rotatable bonds is 1. The zero-order valence-corrected chi connectivity index (χ0v) is 7.03. The largest absolute Gasteiger partial charge is 0.347 e. The van der Waals surface area contributed by atoms with E-state index in [1.165, 1.54) is 0 Å². The van der Waals surface area contributed by atoms with Gasteiger partial charge in [0.25, 0.3) is 0 Å². The molecule has 1 aromatic heterocycles. The van der Waals surface area contributed by atoms with Gasteiger partial charge in [0.05, 0.1) is 5.54 Å². The summed E-state index contributed by atoms with van der Waals surface area (Å²) in [5.41, 5.74) is 5.92. The molecular formula is C7H11N3S. The highest BCUT2D eigenvalue weighted by Gasteiger charge is 2.33. The second kappa shape index (κ2) is 2.53. The van der Waals surface area contributed by atoms with Gasteiger partial charge in [-0.25, -0.2) is 4.98 Å².